The first-order chi connectivity index (χ1) is 1.73. The molecule has 0 aliphatic carbocycles. The van der Waals surface area contributed by atoms with Gasteiger partial charge in [0.25, 0.3) is 0 Å². The highest BCUT2D eigenvalue weighted by atomic mass is 16.3. The Hall–Kier alpha value is -0.0400. The molecule has 0 fully saturated rings. The molecule has 1 nitrogen and oxygen atoms in total. The van der Waals surface area contributed by atoms with Crippen LogP contribution in [0.2, 0.25) is 0 Å². The van der Waals surface area contributed by atoms with Crippen LogP contribution in [-0.4, -0.2) is 5.11 Å². The van der Waals surface area contributed by atoms with E-state index in [0.29, 0.717) is 6.10 Å². The van der Waals surface area contributed by atoms with Crippen LogP contribution in [0.3, 0.4) is 0 Å². The Morgan fingerprint density at radius 3 is 1.50 bits per heavy atom. The molecular weight excluding hydrogens is 52.0 g/mol. The van der Waals surface area contributed by atoms with Crippen LogP contribution >= 0.6 is 0 Å². The molecule has 1 heteroatoms. The van der Waals surface area contributed by atoms with Gasteiger partial charge in [0.05, 0.1) is 6.10 Å². The van der Waals surface area contributed by atoms with Crippen molar-refractivity contribution >= 4 is 0 Å². The van der Waals surface area contributed by atoms with Gasteiger partial charge in [-0.3, -0.25) is 0 Å². The molecule has 1 N–H and O–H groups in total. The lowest BCUT2D eigenvalue weighted by molar-refractivity contribution is 0.325. The van der Waals surface area contributed by atoms with Crippen LogP contribution in [-0.2, 0) is 0 Å². The van der Waals surface area contributed by atoms with E-state index in [1.54, 1.807) is 13.8 Å². The van der Waals surface area contributed by atoms with Crippen molar-refractivity contribution in [2.24, 2.45) is 0 Å². The second-order valence-electron chi connectivity index (χ2n) is 0.947. The Kier molecular flexibility index (Phi) is 1.28. The maximum absolute atomic E-state index is 7.97. The van der Waals surface area contributed by atoms with Crippen LogP contribution in [0.1, 0.15) is 13.8 Å². The monoisotopic (exact) mass is 59.0 g/mol. The molecule has 0 aromatic rings. The predicted octanol–water partition coefficient (Wildman–Crippen LogP) is 0.931. The van der Waals surface area contributed by atoms with Gasteiger partial charge in [-0.2, -0.15) is 0 Å². The van der Waals surface area contributed by atoms with Crippen molar-refractivity contribution < 1.29 is 5.11 Å². The minimum absolute atomic E-state index is 0.417. The van der Waals surface area contributed by atoms with Crippen LogP contribution in [0, 0.1) is 6.10 Å². The zero-order chi connectivity index (χ0) is 3.58. The van der Waals surface area contributed by atoms with Gasteiger partial charge in [-0.25, -0.2) is 0 Å². The lowest BCUT2D eigenvalue weighted by Crippen LogP contribution is -1.70. The lowest BCUT2D eigenvalue weighted by atomic mass is 10.5. The van der Waals surface area contributed by atoms with Crippen LogP contribution < -0.4 is 0 Å². The lowest BCUT2D eigenvalue weighted by Gasteiger charge is -1.78. The van der Waals surface area contributed by atoms with E-state index in [-0.39, 0.29) is 0 Å². The zero-order valence-electron chi connectivity index (χ0n) is 2.95. The van der Waals surface area contributed by atoms with Crippen molar-refractivity contribution in [2.75, 3.05) is 0 Å². The fourth-order valence-corrected chi connectivity index (χ4v) is 0. The molecule has 1 radical (unpaired) electrons. The molecule has 0 atom stereocenters. The van der Waals surface area contributed by atoms with Gasteiger partial charge in [-0.1, -0.05) is 0 Å². The van der Waals surface area contributed by atoms with Gasteiger partial charge in [0.2, 0.25) is 0 Å². The highest BCUT2D eigenvalue weighted by Crippen LogP contribution is 1.78. The predicted molar refractivity (Wildman–Crippen MR) is 16.5 cm³/mol. The third-order valence-electron chi connectivity index (χ3n) is 0. The average molecular weight is 59.1 g/mol. The van der Waals surface area contributed by atoms with Crippen molar-refractivity contribution in [3.63, 3.8) is 0 Å². The van der Waals surface area contributed by atoms with Gasteiger partial charge in [0.15, 0.2) is 0 Å². The van der Waals surface area contributed by atoms with Crippen molar-refractivity contribution in [3.05, 3.63) is 6.10 Å². The Balaban J connectivity index is 2.32. The fraction of sp³-hybridized carbons (Fsp3) is 0.667. The summed E-state index contributed by atoms with van der Waals surface area (Å²) in [7, 11) is 0. The molecule has 0 bridgehead atoms. The summed E-state index contributed by atoms with van der Waals surface area (Å²) in [5.74, 6) is 0. The zero-order valence-corrected chi connectivity index (χ0v) is 2.95. The molecule has 25 valence electrons. The van der Waals surface area contributed by atoms with Crippen LogP contribution in [0.5, 0.6) is 0 Å². The molecule has 0 heterocycles. The van der Waals surface area contributed by atoms with Crippen LogP contribution in [0.25, 0.3) is 0 Å². The normalized spacial score (nSPS) is 9.00. The van der Waals surface area contributed by atoms with Crippen LogP contribution in [0.15, 0.2) is 0 Å². The fourth-order valence-electron chi connectivity index (χ4n) is 0. The summed E-state index contributed by atoms with van der Waals surface area (Å²) < 4.78 is 0. The van der Waals surface area contributed by atoms with Gasteiger partial charge in [-0.05, 0) is 13.8 Å². The molecule has 0 unspecified atom stereocenters. The Morgan fingerprint density at radius 1 is 1.50 bits per heavy atom. The number of hydrogen-bond donors (Lipinski definition) is 1. The third kappa shape index (κ3) is 1130. The van der Waals surface area contributed by atoms with E-state index in [0.717, 1.165) is 0 Å². The molecule has 4 heavy (non-hydrogen) atoms. The molecule has 0 spiro atoms. The van der Waals surface area contributed by atoms with E-state index in [2.05, 4.69) is 0 Å². The maximum Gasteiger partial charge on any atom is 0.0872 e. The summed E-state index contributed by atoms with van der Waals surface area (Å²) in [6.07, 6.45) is 0.417. The topological polar surface area (TPSA) is 20.2 Å². The molecule has 0 saturated carbocycles. The van der Waals surface area contributed by atoms with E-state index >= 15 is 0 Å². The SMILES string of the molecule is C[C](C)O. The molecule has 0 amide bonds. The van der Waals surface area contributed by atoms with Gasteiger partial charge < -0.3 is 5.11 Å². The van der Waals surface area contributed by atoms with Crippen LogP contribution in [0.4, 0.5) is 0 Å². The highest BCUT2D eigenvalue weighted by molar-refractivity contribution is 4.51. The Labute approximate surface area is 26.3 Å². The summed E-state index contributed by atoms with van der Waals surface area (Å²) in [5.41, 5.74) is 0. The largest absolute Gasteiger partial charge is 0.387 e. The van der Waals surface area contributed by atoms with E-state index in [9.17, 15) is 0 Å². The molecule has 0 aliphatic rings. The van der Waals surface area contributed by atoms with Gasteiger partial charge in [-0.15, -0.1) is 0 Å². The molecular formula is C3H7O. The van der Waals surface area contributed by atoms with Gasteiger partial charge in [0, 0.05) is 0 Å². The molecule has 0 rings (SSSR count). The van der Waals surface area contributed by atoms with E-state index in [4.69, 9.17) is 5.11 Å². The molecule has 0 aliphatic heterocycles. The third-order valence-corrected chi connectivity index (χ3v) is 0. The smallest absolute Gasteiger partial charge is 0.0872 e. The van der Waals surface area contributed by atoms with E-state index in [1.165, 1.54) is 0 Å². The first-order valence-electron chi connectivity index (χ1n) is 1.22. The first-order valence-corrected chi connectivity index (χ1v) is 1.22. The second kappa shape index (κ2) is 1.30. The summed E-state index contributed by atoms with van der Waals surface area (Å²) in [6.45, 7) is 3.28. The minimum atomic E-state index is 0.417. The van der Waals surface area contributed by atoms with Gasteiger partial charge >= 0.3 is 0 Å². The molecule has 0 aromatic carbocycles. The van der Waals surface area contributed by atoms with E-state index in [1.807, 2.05) is 0 Å². The number of rotatable bonds is 0. The number of hydrogen-bond acceptors (Lipinski definition) is 1. The number of aliphatic hydroxyl groups excluding tert-OH is 1. The quantitative estimate of drug-likeness (QED) is 0.440. The Bertz CT molecular complexity index is 8.00. The summed E-state index contributed by atoms with van der Waals surface area (Å²) in [4.78, 5) is 0. The molecule has 0 aromatic heterocycles. The summed E-state index contributed by atoms with van der Waals surface area (Å²) >= 11 is 0. The van der Waals surface area contributed by atoms with Gasteiger partial charge in [0.1, 0.15) is 0 Å². The molecule has 0 saturated heterocycles. The number of aliphatic hydroxyl groups is 1. The van der Waals surface area contributed by atoms with Crippen molar-refractivity contribution in [1.82, 2.24) is 0 Å². The minimum Gasteiger partial charge on any atom is -0.387 e. The standard InChI is InChI=1S/C3H7O/c1-3(2)4/h4H,1-2H3. The summed E-state index contributed by atoms with van der Waals surface area (Å²) in [5, 5.41) is 7.97. The maximum atomic E-state index is 7.97. The second-order valence-corrected chi connectivity index (χ2v) is 0.947. The van der Waals surface area contributed by atoms with Crippen molar-refractivity contribution in [3.8, 4) is 0 Å². The Morgan fingerprint density at radius 2 is 1.50 bits per heavy atom. The summed E-state index contributed by atoms with van der Waals surface area (Å²) in [6, 6.07) is 0. The average Bonchev–Trinajstić information content (AvgIpc) is 0.811. The highest BCUT2D eigenvalue weighted by Gasteiger charge is 1.71. The van der Waals surface area contributed by atoms with E-state index < -0.39 is 0 Å². The van der Waals surface area contributed by atoms with Crippen molar-refractivity contribution in [2.45, 2.75) is 13.8 Å². The first kappa shape index (κ1) is 3.96. The van der Waals surface area contributed by atoms with Crippen molar-refractivity contribution in [1.29, 1.82) is 0 Å².